The van der Waals surface area contributed by atoms with Gasteiger partial charge >= 0.3 is 0 Å². The fourth-order valence-electron chi connectivity index (χ4n) is 2.52. The number of benzene rings is 1. The van der Waals surface area contributed by atoms with Crippen LogP contribution in [0, 0.1) is 17.0 Å². The zero-order valence-electron chi connectivity index (χ0n) is 11.2. The number of piperidine rings is 1. The first kappa shape index (κ1) is 15.4. The van der Waals surface area contributed by atoms with Gasteiger partial charge in [0, 0.05) is 6.07 Å². The maximum atomic E-state index is 13.7. The van der Waals surface area contributed by atoms with Crippen LogP contribution >= 0.6 is 15.9 Å². The Kier molecular flexibility index (Phi) is 4.75. The molecule has 1 fully saturated rings. The van der Waals surface area contributed by atoms with Crippen molar-refractivity contribution in [2.45, 2.75) is 26.2 Å². The summed E-state index contributed by atoms with van der Waals surface area (Å²) in [4.78, 5) is 12.5. The van der Waals surface area contributed by atoms with Gasteiger partial charge in [-0.2, -0.15) is 0 Å². The molecule has 1 aliphatic heterocycles. The molecular weight excluding hydrogens is 330 g/mol. The molecule has 3 nitrogen and oxygen atoms in total. The van der Waals surface area contributed by atoms with Gasteiger partial charge in [-0.15, -0.1) is 0 Å². The molecule has 1 amide bonds. The number of anilines is 1. The Bertz CT molecular complexity index is 516. The second kappa shape index (κ2) is 6.18. The van der Waals surface area contributed by atoms with Gasteiger partial charge in [0.1, 0.15) is 11.6 Å². The molecule has 1 aliphatic rings. The average Bonchev–Trinajstić information content (AvgIpc) is 2.45. The molecule has 1 aromatic rings. The van der Waals surface area contributed by atoms with E-state index in [4.69, 9.17) is 0 Å². The van der Waals surface area contributed by atoms with E-state index >= 15 is 0 Å². The summed E-state index contributed by atoms with van der Waals surface area (Å²) in [6.45, 7) is 3.51. The van der Waals surface area contributed by atoms with Crippen LogP contribution in [0.25, 0.3) is 0 Å². The first-order valence-corrected chi connectivity index (χ1v) is 7.44. The third kappa shape index (κ3) is 3.01. The molecule has 6 heteroatoms. The van der Waals surface area contributed by atoms with Gasteiger partial charge in [-0.25, -0.2) is 8.78 Å². The fourth-order valence-corrected chi connectivity index (χ4v) is 2.86. The second-order valence-electron chi connectivity index (χ2n) is 5.08. The van der Waals surface area contributed by atoms with E-state index in [1.54, 1.807) is 0 Å². The number of hydrogen-bond acceptors (Lipinski definition) is 2. The second-order valence-corrected chi connectivity index (χ2v) is 5.94. The molecule has 0 unspecified atom stereocenters. The van der Waals surface area contributed by atoms with Crippen LogP contribution in [0.2, 0.25) is 0 Å². The van der Waals surface area contributed by atoms with E-state index in [0.29, 0.717) is 6.42 Å². The summed E-state index contributed by atoms with van der Waals surface area (Å²) in [5, 5.41) is 5.81. The molecule has 0 spiro atoms. The number of amides is 1. The largest absolute Gasteiger partial charge is 0.323 e. The monoisotopic (exact) mass is 346 g/mol. The lowest BCUT2D eigenvalue weighted by Crippen LogP contribution is -2.44. The summed E-state index contributed by atoms with van der Waals surface area (Å²) in [6.07, 6.45) is 2.14. The zero-order valence-corrected chi connectivity index (χ0v) is 12.8. The van der Waals surface area contributed by atoms with Crippen LogP contribution in [0.5, 0.6) is 0 Å². The van der Waals surface area contributed by atoms with E-state index < -0.39 is 17.0 Å². The molecule has 1 aromatic carbocycles. The summed E-state index contributed by atoms with van der Waals surface area (Å²) in [5.74, 6) is -1.65. The highest BCUT2D eigenvalue weighted by Gasteiger charge is 2.38. The lowest BCUT2D eigenvalue weighted by atomic mass is 9.76. The van der Waals surface area contributed by atoms with E-state index in [1.165, 1.54) is 6.07 Å². The van der Waals surface area contributed by atoms with Crippen LogP contribution in [-0.4, -0.2) is 19.0 Å². The minimum atomic E-state index is -0.765. The quantitative estimate of drug-likeness (QED) is 0.823. The van der Waals surface area contributed by atoms with Gasteiger partial charge in [-0.3, -0.25) is 4.79 Å². The molecule has 0 saturated carbocycles. The molecule has 2 rings (SSSR count). The van der Waals surface area contributed by atoms with Gasteiger partial charge in [0.2, 0.25) is 5.91 Å². The highest BCUT2D eigenvalue weighted by atomic mass is 79.9. The minimum Gasteiger partial charge on any atom is -0.323 e. The third-order valence-electron chi connectivity index (χ3n) is 3.98. The van der Waals surface area contributed by atoms with Crippen molar-refractivity contribution in [1.82, 2.24) is 5.32 Å². The van der Waals surface area contributed by atoms with Crippen LogP contribution in [0.1, 0.15) is 26.2 Å². The summed E-state index contributed by atoms with van der Waals surface area (Å²) < 4.78 is 27.0. The third-order valence-corrected chi connectivity index (χ3v) is 4.58. The van der Waals surface area contributed by atoms with Gasteiger partial charge in [0.15, 0.2) is 0 Å². The smallest absolute Gasteiger partial charge is 0.230 e. The van der Waals surface area contributed by atoms with Crippen molar-refractivity contribution in [2.75, 3.05) is 18.4 Å². The summed E-state index contributed by atoms with van der Waals surface area (Å²) in [5.41, 5.74) is -0.465. The highest BCUT2D eigenvalue weighted by Crippen LogP contribution is 2.34. The number of rotatable bonds is 3. The normalized spacial score (nSPS) is 17.8. The number of nitrogens with one attached hydrogen (secondary N) is 2. The van der Waals surface area contributed by atoms with Gasteiger partial charge in [0.25, 0.3) is 0 Å². The Balaban J connectivity index is 2.20. The van der Waals surface area contributed by atoms with Crippen molar-refractivity contribution >= 4 is 27.5 Å². The minimum absolute atomic E-state index is 0.00892. The lowest BCUT2D eigenvalue weighted by molar-refractivity contribution is -0.127. The van der Waals surface area contributed by atoms with Crippen molar-refractivity contribution in [2.24, 2.45) is 5.41 Å². The standard InChI is InChI=1S/C14H17BrF2N2O/c1-2-14(3-5-18-6-4-14)13(20)19-12-7-9(15)10(16)8-11(12)17/h7-8,18H,2-6H2,1H3,(H,19,20). The topological polar surface area (TPSA) is 41.1 Å². The molecule has 0 aromatic heterocycles. The van der Waals surface area contributed by atoms with Crippen LogP contribution < -0.4 is 10.6 Å². The SMILES string of the molecule is CCC1(C(=O)Nc2cc(Br)c(F)cc2F)CCNCC1. The average molecular weight is 347 g/mol. The van der Waals surface area contributed by atoms with Crippen LogP contribution in [0.3, 0.4) is 0 Å². The van der Waals surface area contributed by atoms with Gasteiger partial charge < -0.3 is 10.6 Å². The molecule has 1 heterocycles. The summed E-state index contributed by atoms with van der Waals surface area (Å²) >= 11 is 2.99. The van der Waals surface area contributed by atoms with Gasteiger partial charge in [-0.05, 0) is 54.3 Å². The number of carbonyl (C=O) groups is 1. The Morgan fingerprint density at radius 3 is 2.60 bits per heavy atom. The maximum Gasteiger partial charge on any atom is 0.230 e. The molecule has 20 heavy (non-hydrogen) atoms. The first-order valence-electron chi connectivity index (χ1n) is 6.65. The first-order chi connectivity index (χ1) is 9.48. The van der Waals surface area contributed by atoms with Crippen LogP contribution in [0.4, 0.5) is 14.5 Å². The lowest BCUT2D eigenvalue weighted by Gasteiger charge is -2.35. The maximum absolute atomic E-state index is 13.7. The predicted molar refractivity (Wildman–Crippen MR) is 77.5 cm³/mol. The molecule has 0 aliphatic carbocycles. The van der Waals surface area contributed by atoms with E-state index in [0.717, 1.165) is 32.0 Å². The molecule has 0 radical (unpaired) electrons. The zero-order chi connectivity index (χ0) is 14.8. The van der Waals surface area contributed by atoms with Gasteiger partial charge in [-0.1, -0.05) is 6.92 Å². The van der Waals surface area contributed by atoms with E-state index in [-0.39, 0.29) is 16.1 Å². The van der Waals surface area contributed by atoms with Gasteiger partial charge in [0.05, 0.1) is 15.6 Å². The van der Waals surface area contributed by atoms with Crippen molar-refractivity contribution in [3.63, 3.8) is 0 Å². The van der Waals surface area contributed by atoms with Crippen LogP contribution in [0.15, 0.2) is 16.6 Å². The molecule has 0 atom stereocenters. The number of carbonyl (C=O) groups excluding carboxylic acids is 1. The van der Waals surface area contributed by atoms with Crippen molar-refractivity contribution in [1.29, 1.82) is 0 Å². The Labute approximate surface area is 125 Å². The Morgan fingerprint density at radius 1 is 1.35 bits per heavy atom. The van der Waals surface area contributed by atoms with Crippen molar-refractivity contribution in [3.05, 3.63) is 28.2 Å². The van der Waals surface area contributed by atoms with Crippen molar-refractivity contribution in [3.8, 4) is 0 Å². The highest BCUT2D eigenvalue weighted by molar-refractivity contribution is 9.10. The summed E-state index contributed by atoms with van der Waals surface area (Å²) in [6, 6.07) is 2.02. The van der Waals surface area contributed by atoms with E-state index in [9.17, 15) is 13.6 Å². The van der Waals surface area contributed by atoms with E-state index in [1.807, 2.05) is 6.92 Å². The Hall–Kier alpha value is -1.01. The summed E-state index contributed by atoms with van der Waals surface area (Å²) in [7, 11) is 0. The molecule has 1 saturated heterocycles. The molecule has 2 N–H and O–H groups in total. The van der Waals surface area contributed by atoms with Crippen molar-refractivity contribution < 1.29 is 13.6 Å². The molecule has 110 valence electrons. The van der Waals surface area contributed by atoms with Crippen LogP contribution in [-0.2, 0) is 4.79 Å². The predicted octanol–water partition coefficient (Wildman–Crippen LogP) is 3.45. The fraction of sp³-hybridized carbons (Fsp3) is 0.500. The van der Waals surface area contributed by atoms with E-state index in [2.05, 4.69) is 26.6 Å². The Morgan fingerprint density at radius 2 is 2.00 bits per heavy atom. The number of hydrogen-bond donors (Lipinski definition) is 2. The number of halogens is 3. The molecule has 0 bridgehead atoms. The molecular formula is C14H17BrF2N2O.